The first-order valence-electron chi connectivity index (χ1n) is 4.27. The molecular weight excluding hydrogens is 194 g/mol. The van der Waals surface area contributed by atoms with E-state index in [1.807, 2.05) is 13.0 Å². The summed E-state index contributed by atoms with van der Waals surface area (Å²) in [6.07, 6.45) is 0. The maximum absolute atomic E-state index is 10.9. The van der Waals surface area contributed by atoms with E-state index in [0.717, 1.165) is 5.56 Å². The number of hydrogen-bond acceptors (Lipinski definition) is 3. The molecule has 0 heterocycles. The normalized spacial score (nSPS) is 9.40. The lowest BCUT2D eigenvalue weighted by Gasteiger charge is -2.05. The van der Waals surface area contributed by atoms with Crippen LogP contribution >= 0.6 is 0 Å². The summed E-state index contributed by atoms with van der Waals surface area (Å²) in [5, 5.41) is 9.60. The molecule has 4 N–H and O–H groups in total. The first kappa shape index (κ1) is 10.9. The molecule has 0 aliphatic rings. The number of carbonyl (C=O) groups excluding carboxylic acids is 2. The highest BCUT2D eigenvalue weighted by Gasteiger charge is 2.11. The van der Waals surface area contributed by atoms with E-state index in [2.05, 4.69) is 5.32 Å². The molecule has 0 saturated heterocycles. The third-order valence-electron chi connectivity index (χ3n) is 1.77. The highest BCUT2D eigenvalue weighted by molar-refractivity contribution is 6.38. The van der Waals surface area contributed by atoms with E-state index < -0.39 is 11.8 Å². The highest BCUT2D eigenvalue weighted by atomic mass is 16.2. The van der Waals surface area contributed by atoms with Crippen LogP contribution < -0.4 is 11.1 Å². The van der Waals surface area contributed by atoms with Gasteiger partial charge in [0.25, 0.3) is 0 Å². The first-order chi connectivity index (χ1) is 7.00. The van der Waals surface area contributed by atoms with Crippen molar-refractivity contribution in [2.24, 2.45) is 5.73 Å². The maximum atomic E-state index is 10.9. The summed E-state index contributed by atoms with van der Waals surface area (Å²) in [4.78, 5) is 21.3. The fraction of sp³-hybridized carbons (Fsp3) is 0.100. The quantitative estimate of drug-likeness (QED) is 0.339. The number of carbonyl (C=O) groups is 2. The third kappa shape index (κ3) is 2.91. The molecule has 0 bridgehead atoms. The summed E-state index contributed by atoms with van der Waals surface area (Å²) in [6, 6.07) is 7.02. The lowest BCUT2D eigenvalue weighted by molar-refractivity contribution is -0.136. The zero-order valence-corrected chi connectivity index (χ0v) is 8.20. The molecule has 0 aliphatic carbocycles. The van der Waals surface area contributed by atoms with Crippen LogP contribution in [0.4, 0.5) is 0 Å². The topological polar surface area (TPSA) is 96.0 Å². The van der Waals surface area contributed by atoms with E-state index in [4.69, 9.17) is 11.1 Å². The van der Waals surface area contributed by atoms with Crippen LogP contribution in [0.1, 0.15) is 11.1 Å². The van der Waals surface area contributed by atoms with Crippen LogP contribution in [0.3, 0.4) is 0 Å². The minimum absolute atomic E-state index is 0.137. The Balaban J connectivity index is 2.78. The van der Waals surface area contributed by atoms with Crippen molar-refractivity contribution in [3.8, 4) is 0 Å². The van der Waals surface area contributed by atoms with Crippen molar-refractivity contribution < 1.29 is 9.59 Å². The molecule has 0 radical (unpaired) electrons. The van der Waals surface area contributed by atoms with Crippen molar-refractivity contribution in [3.05, 3.63) is 35.4 Å². The van der Waals surface area contributed by atoms with Crippen LogP contribution in [0.5, 0.6) is 0 Å². The molecule has 0 aromatic heterocycles. The predicted molar refractivity (Wildman–Crippen MR) is 55.3 cm³/mol. The number of benzene rings is 1. The van der Waals surface area contributed by atoms with Crippen LogP contribution in [0.25, 0.3) is 0 Å². The predicted octanol–water partition coefficient (Wildman–Crippen LogP) is -0.0781. The molecule has 0 saturated carbocycles. The molecule has 2 amide bonds. The van der Waals surface area contributed by atoms with E-state index in [1.54, 1.807) is 18.2 Å². The minimum Gasteiger partial charge on any atom is -0.361 e. The van der Waals surface area contributed by atoms with Gasteiger partial charge in [0.05, 0.1) is 0 Å². The molecule has 0 aliphatic heterocycles. The van der Waals surface area contributed by atoms with Gasteiger partial charge in [-0.2, -0.15) is 0 Å². The van der Waals surface area contributed by atoms with Gasteiger partial charge in [-0.1, -0.05) is 23.8 Å². The zero-order valence-electron chi connectivity index (χ0n) is 8.20. The van der Waals surface area contributed by atoms with Crippen LogP contribution in [-0.4, -0.2) is 17.6 Å². The molecule has 5 heteroatoms. The molecule has 0 unspecified atom stereocenters. The minimum atomic E-state index is -1.10. The number of hydrogen-bond donors (Lipinski definition) is 3. The van der Waals surface area contributed by atoms with E-state index in [0.29, 0.717) is 5.56 Å². The molecular formula is C10H11N3O2. The van der Waals surface area contributed by atoms with Crippen LogP contribution in [0, 0.1) is 12.3 Å². The summed E-state index contributed by atoms with van der Waals surface area (Å²) in [7, 11) is 0. The van der Waals surface area contributed by atoms with Gasteiger partial charge in [0.15, 0.2) is 0 Å². The molecule has 78 valence electrons. The summed E-state index contributed by atoms with van der Waals surface area (Å²) in [6.45, 7) is 1.87. The fourth-order valence-electron chi connectivity index (χ4n) is 1.05. The van der Waals surface area contributed by atoms with Gasteiger partial charge in [0.1, 0.15) is 5.84 Å². The van der Waals surface area contributed by atoms with Crippen molar-refractivity contribution in [2.75, 3.05) is 0 Å². The molecule has 1 rings (SSSR count). The number of nitrogens with one attached hydrogen (secondary N) is 2. The number of amidine groups is 1. The molecule has 1 aromatic carbocycles. The Morgan fingerprint density at radius 2 is 2.07 bits per heavy atom. The largest absolute Gasteiger partial charge is 0.361 e. The lowest BCUT2D eigenvalue weighted by atomic mass is 10.1. The Labute approximate surface area is 86.8 Å². The molecule has 1 aromatic rings. The van der Waals surface area contributed by atoms with Gasteiger partial charge in [-0.3, -0.25) is 15.0 Å². The number of rotatable bonds is 1. The number of nitrogens with two attached hydrogens (primary N) is 1. The van der Waals surface area contributed by atoms with Crippen LogP contribution in [0.2, 0.25) is 0 Å². The Hall–Kier alpha value is -2.17. The Bertz CT molecular complexity index is 426. The second-order valence-electron chi connectivity index (χ2n) is 3.06. The van der Waals surface area contributed by atoms with Crippen molar-refractivity contribution in [3.63, 3.8) is 0 Å². The smallest absolute Gasteiger partial charge is 0.314 e. The van der Waals surface area contributed by atoms with Gasteiger partial charge < -0.3 is 11.1 Å². The average molecular weight is 205 g/mol. The zero-order chi connectivity index (χ0) is 11.4. The van der Waals surface area contributed by atoms with Crippen molar-refractivity contribution in [2.45, 2.75) is 6.92 Å². The average Bonchev–Trinajstić information content (AvgIpc) is 2.17. The summed E-state index contributed by atoms with van der Waals surface area (Å²) >= 11 is 0. The second-order valence-corrected chi connectivity index (χ2v) is 3.06. The van der Waals surface area contributed by atoms with Gasteiger partial charge in [0.2, 0.25) is 0 Å². The first-order valence-corrected chi connectivity index (χ1v) is 4.27. The van der Waals surface area contributed by atoms with E-state index in [-0.39, 0.29) is 5.84 Å². The Morgan fingerprint density at radius 1 is 1.40 bits per heavy atom. The van der Waals surface area contributed by atoms with Crippen molar-refractivity contribution >= 4 is 17.6 Å². The van der Waals surface area contributed by atoms with Gasteiger partial charge in [-0.25, -0.2) is 0 Å². The molecule has 0 spiro atoms. The molecule has 0 atom stereocenters. The Morgan fingerprint density at radius 3 is 2.60 bits per heavy atom. The van der Waals surface area contributed by atoms with Crippen molar-refractivity contribution in [1.29, 1.82) is 5.41 Å². The second kappa shape index (κ2) is 4.36. The van der Waals surface area contributed by atoms with Crippen molar-refractivity contribution in [1.82, 2.24) is 5.32 Å². The van der Waals surface area contributed by atoms with Gasteiger partial charge in [-0.15, -0.1) is 0 Å². The number of aryl methyl sites for hydroxylation is 1. The maximum Gasteiger partial charge on any atom is 0.314 e. The summed E-state index contributed by atoms with van der Waals surface area (Å²) in [5.41, 5.74) is 6.24. The van der Waals surface area contributed by atoms with E-state index in [1.165, 1.54) is 0 Å². The molecule has 15 heavy (non-hydrogen) atoms. The fourth-order valence-corrected chi connectivity index (χ4v) is 1.05. The summed E-state index contributed by atoms with van der Waals surface area (Å²) < 4.78 is 0. The lowest BCUT2D eigenvalue weighted by Crippen LogP contribution is -2.39. The van der Waals surface area contributed by atoms with E-state index >= 15 is 0 Å². The van der Waals surface area contributed by atoms with Crippen LogP contribution in [0.15, 0.2) is 24.3 Å². The molecule has 5 nitrogen and oxygen atoms in total. The summed E-state index contributed by atoms with van der Waals surface area (Å²) in [5.74, 6) is -2.23. The highest BCUT2D eigenvalue weighted by Crippen LogP contribution is 2.03. The standard InChI is InChI=1S/C10H11N3O2/c1-6-3-2-4-7(5-6)8(11)13-10(15)9(12)14/h2-5H,1H3,(H2,12,14)(H2,11,13,15). The number of primary amides is 1. The monoisotopic (exact) mass is 205 g/mol. The molecule has 0 fully saturated rings. The van der Waals surface area contributed by atoms with Crippen LogP contribution in [-0.2, 0) is 9.59 Å². The van der Waals surface area contributed by atoms with Gasteiger partial charge >= 0.3 is 11.8 Å². The van der Waals surface area contributed by atoms with Gasteiger partial charge in [-0.05, 0) is 13.0 Å². The van der Waals surface area contributed by atoms with E-state index in [9.17, 15) is 9.59 Å². The third-order valence-corrected chi connectivity index (χ3v) is 1.77. The SMILES string of the molecule is Cc1cccc(C(=N)NC(=O)C(N)=O)c1. The Kier molecular flexibility index (Phi) is 3.17. The number of amides is 2. The van der Waals surface area contributed by atoms with Gasteiger partial charge in [0, 0.05) is 5.56 Å².